The average molecular weight is 527 g/mol. The highest BCUT2D eigenvalue weighted by Gasteiger charge is 2.36. The molecule has 1 aliphatic rings. The maximum atomic E-state index is 13.9. The van der Waals surface area contributed by atoms with Gasteiger partial charge in [0.2, 0.25) is 5.91 Å². The monoisotopic (exact) mass is 526 g/mol. The van der Waals surface area contributed by atoms with Crippen LogP contribution in [-0.4, -0.2) is 40.2 Å². The average Bonchev–Trinajstić information content (AvgIpc) is 3.40. The van der Waals surface area contributed by atoms with Crippen molar-refractivity contribution < 1.29 is 14.0 Å². The summed E-state index contributed by atoms with van der Waals surface area (Å²) in [5.74, 6) is -0.617. The van der Waals surface area contributed by atoms with Crippen molar-refractivity contribution >= 4 is 23.2 Å². The van der Waals surface area contributed by atoms with Crippen molar-refractivity contribution in [3.63, 3.8) is 0 Å². The molecule has 3 aromatic carbocycles. The number of halogens is 1. The summed E-state index contributed by atoms with van der Waals surface area (Å²) in [5, 5.41) is 2.04. The predicted molar refractivity (Wildman–Crippen MR) is 151 cm³/mol. The number of benzene rings is 3. The first-order valence-corrected chi connectivity index (χ1v) is 13.7. The van der Waals surface area contributed by atoms with E-state index in [0.717, 1.165) is 28.7 Å². The summed E-state index contributed by atoms with van der Waals surface area (Å²) in [6, 6.07) is 25.7. The van der Waals surface area contributed by atoms with Gasteiger partial charge in [0.1, 0.15) is 12.4 Å². The number of rotatable bonds is 5. The van der Waals surface area contributed by atoms with E-state index in [1.54, 1.807) is 28.4 Å². The fraction of sp³-hybridized carbons (Fsp3) is 0.250. The van der Waals surface area contributed by atoms with E-state index in [9.17, 15) is 14.0 Å². The van der Waals surface area contributed by atoms with Gasteiger partial charge in [0, 0.05) is 22.5 Å². The van der Waals surface area contributed by atoms with Crippen molar-refractivity contribution in [2.24, 2.45) is 0 Å². The normalized spacial score (nSPS) is 15.2. The lowest BCUT2D eigenvalue weighted by Gasteiger charge is -2.40. The number of carbonyl (C=O) groups excluding carboxylic acids is 2. The number of fused-ring (bicyclic) bond motifs is 1. The lowest BCUT2D eigenvalue weighted by atomic mass is 9.93. The molecular weight excluding hydrogens is 495 g/mol. The molecule has 1 aromatic heterocycles. The van der Waals surface area contributed by atoms with Gasteiger partial charge in [-0.05, 0) is 85.2 Å². The third kappa shape index (κ3) is 5.27. The van der Waals surface area contributed by atoms with E-state index in [0.29, 0.717) is 12.1 Å². The molecule has 0 fully saturated rings. The smallest absolute Gasteiger partial charge is 0.254 e. The topological polar surface area (TPSA) is 40.6 Å². The first-order valence-electron chi connectivity index (χ1n) is 12.8. The van der Waals surface area contributed by atoms with Gasteiger partial charge in [-0.1, -0.05) is 54.6 Å². The molecule has 194 valence electrons. The first kappa shape index (κ1) is 25.9. The minimum atomic E-state index is -0.570. The standard InChI is InChI=1S/C32H31FN2O2S/c1-32(2,3)35(31(37)25-11-9-23(10-12-25)22-7-5-4-6-8-22)21-29(36)34-19-17-28-27(18-20-38-28)30(34)24-13-15-26(33)16-14-24/h4-16,18,20,30H,17,19,21H2,1-3H3. The zero-order valence-corrected chi connectivity index (χ0v) is 22.7. The minimum Gasteiger partial charge on any atom is -0.330 e. The van der Waals surface area contributed by atoms with Crippen LogP contribution in [-0.2, 0) is 11.2 Å². The van der Waals surface area contributed by atoms with Crippen LogP contribution in [0.3, 0.4) is 0 Å². The number of nitrogens with zero attached hydrogens (tertiary/aromatic N) is 2. The van der Waals surface area contributed by atoms with Gasteiger partial charge < -0.3 is 9.80 Å². The third-order valence-corrected chi connectivity index (χ3v) is 8.06. The molecule has 2 heterocycles. The summed E-state index contributed by atoms with van der Waals surface area (Å²) in [5.41, 5.74) is 4.03. The van der Waals surface area contributed by atoms with Gasteiger partial charge in [-0.2, -0.15) is 0 Å². The zero-order valence-electron chi connectivity index (χ0n) is 21.9. The van der Waals surface area contributed by atoms with Crippen LogP contribution in [0, 0.1) is 5.82 Å². The van der Waals surface area contributed by atoms with Crippen LogP contribution in [0.25, 0.3) is 11.1 Å². The van der Waals surface area contributed by atoms with Crippen LogP contribution < -0.4 is 0 Å². The van der Waals surface area contributed by atoms with E-state index in [4.69, 9.17) is 0 Å². The van der Waals surface area contributed by atoms with Crippen molar-refractivity contribution in [1.82, 2.24) is 9.80 Å². The van der Waals surface area contributed by atoms with E-state index in [2.05, 4.69) is 6.07 Å². The second-order valence-electron chi connectivity index (χ2n) is 10.6. The maximum Gasteiger partial charge on any atom is 0.254 e. The Bertz CT molecular complexity index is 1420. The maximum absolute atomic E-state index is 13.9. The molecule has 4 nitrogen and oxygen atoms in total. The Balaban J connectivity index is 1.41. The molecule has 6 heteroatoms. The quantitative estimate of drug-likeness (QED) is 0.282. The van der Waals surface area contributed by atoms with Gasteiger partial charge in [-0.25, -0.2) is 4.39 Å². The molecule has 5 rings (SSSR count). The fourth-order valence-electron chi connectivity index (χ4n) is 5.02. The van der Waals surface area contributed by atoms with Crippen LogP contribution in [0.5, 0.6) is 0 Å². The van der Waals surface area contributed by atoms with Crippen LogP contribution in [0.15, 0.2) is 90.3 Å². The predicted octanol–water partition coefficient (Wildman–Crippen LogP) is 6.97. The van der Waals surface area contributed by atoms with Gasteiger partial charge in [-0.15, -0.1) is 11.3 Å². The summed E-state index contributed by atoms with van der Waals surface area (Å²) in [7, 11) is 0. The van der Waals surface area contributed by atoms with Crippen LogP contribution in [0.2, 0.25) is 0 Å². The number of carbonyl (C=O) groups is 2. The van der Waals surface area contributed by atoms with Gasteiger partial charge in [0.05, 0.1) is 6.04 Å². The Morgan fingerprint density at radius 1 is 0.921 bits per heavy atom. The zero-order chi connectivity index (χ0) is 26.9. The molecule has 2 amide bonds. The molecule has 0 bridgehead atoms. The molecule has 0 radical (unpaired) electrons. The molecule has 0 saturated heterocycles. The van der Waals surface area contributed by atoms with Crippen LogP contribution >= 0.6 is 11.3 Å². The van der Waals surface area contributed by atoms with Crippen LogP contribution in [0.4, 0.5) is 4.39 Å². The van der Waals surface area contributed by atoms with Crippen molar-refractivity contribution in [2.75, 3.05) is 13.1 Å². The van der Waals surface area contributed by atoms with E-state index in [1.165, 1.54) is 17.0 Å². The SMILES string of the molecule is CC(C)(C)N(CC(=O)N1CCc2sccc2C1c1ccc(F)cc1)C(=O)c1ccc(-c2ccccc2)cc1. The molecule has 1 unspecified atom stereocenters. The van der Waals surface area contributed by atoms with Crippen molar-refractivity contribution in [1.29, 1.82) is 0 Å². The van der Waals surface area contributed by atoms with Crippen molar-refractivity contribution in [3.05, 3.63) is 118 Å². The second-order valence-corrected chi connectivity index (χ2v) is 11.6. The lowest BCUT2D eigenvalue weighted by Crippen LogP contribution is -2.52. The molecule has 38 heavy (non-hydrogen) atoms. The lowest BCUT2D eigenvalue weighted by molar-refractivity contribution is -0.135. The summed E-state index contributed by atoms with van der Waals surface area (Å²) in [6.45, 7) is 6.34. The molecule has 0 saturated carbocycles. The number of hydrogen-bond acceptors (Lipinski definition) is 3. The molecular formula is C32H31FN2O2S. The Morgan fingerprint density at radius 2 is 1.58 bits per heavy atom. The molecule has 0 spiro atoms. The third-order valence-electron chi connectivity index (χ3n) is 7.06. The summed E-state index contributed by atoms with van der Waals surface area (Å²) in [6.07, 6.45) is 0.765. The fourth-order valence-corrected chi connectivity index (χ4v) is 5.92. The second kappa shape index (κ2) is 10.5. The Hall–Kier alpha value is -3.77. The first-order chi connectivity index (χ1) is 18.2. The minimum absolute atomic E-state index is 0.0417. The molecule has 1 atom stereocenters. The Morgan fingerprint density at radius 3 is 2.24 bits per heavy atom. The molecule has 1 aliphatic heterocycles. The van der Waals surface area contributed by atoms with E-state index < -0.39 is 5.54 Å². The van der Waals surface area contributed by atoms with Gasteiger partial charge in [0.15, 0.2) is 0 Å². The van der Waals surface area contributed by atoms with E-state index in [-0.39, 0.29) is 30.2 Å². The molecule has 0 N–H and O–H groups in total. The summed E-state index contributed by atoms with van der Waals surface area (Å²) in [4.78, 5) is 32.3. The van der Waals surface area contributed by atoms with Crippen molar-refractivity contribution in [3.8, 4) is 11.1 Å². The molecule has 4 aromatic rings. The number of amides is 2. The summed E-state index contributed by atoms with van der Waals surface area (Å²) < 4.78 is 13.7. The number of thiophene rings is 1. The van der Waals surface area contributed by atoms with E-state index >= 15 is 0 Å². The van der Waals surface area contributed by atoms with Gasteiger partial charge >= 0.3 is 0 Å². The summed E-state index contributed by atoms with van der Waals surface area (Å²) >= 11 is 1.68. The Kier molecular flexibility index (Phi) is 7.17. The van der Waals surface area contributed by atoms with Crippen LogP contribution in [0.1, 0.15) is 53.2 Å². The Labute approximate surface area is 227 Å². The molecule has 0 aliphatic carbocycles. The van der Waals surface area contributed by atoms with Crippen molar-refractivity contribution in [2.45, 2.75) is 38.8 Å². The highest BCUT2D eigenvalue weighted by Crippen LogP contribution is 2.38. The highest BCUT2D eigenvalue weighted by molar-refractivity contribution is 7.10. The highest BCUT2D eigenvalue weighted by atomic mass is 32.1. The largest absolute Gasteiger partial charge is 0.330 e. The van der Waals surface area contributed by atoms with Gasteiger partial charge in [-0.3, -0.25) is 9.59 Å². The van der Waals surface area contributed by atoms with Gasteiger partial charge in [0.25, 0.3) is 5.91 Å². The number of hydrogen-bond donors (Lipinski definition) is 0. The van der Waals surface area contributed by atoms with E-state index in [1.807, 2.05) is 85.6 Å².